The zero-order valence-electron chi connectivity index (χ0n) is 14.9. The van der Waals surface area contributed by atoms with Gasteiger partial charge in [0.2, 0.25) is 5.91 Å². The van der Waals surface area contributed by atoms with Gasteiger partial charge in [-0.15, -0.1) is 0 Å². The minimum Gasteiger partial charge on any atom is -0.355 e. The largest absolute Gasteiger partial charge is 0.355 e. The van der Waals surface area contributed by atoms with Crippen LogP contribution in [0.3, 0.4) is 0 Å². The van der Waals surface area contributed by atoms with Crippen LogP contribution in [0.1, 0.15) is 43.2 Å². The molecule has 0 aromatic heterocycles. The van der Waals surface area contributed by atoms with Crippen LogP contribution in [0.25, 0.3) is 0 Å². The number of aliphatic imine (C=N–C) groups is 1. The average Bonchev–Trinajstić information content (AvgIpc) is 3.08. The van der Waals surface area contributed by atoms with Crippen molar-refractivity contribution in [3.63, 3.8) is 0 Å². The van der Waals surface area contributed by atoms with E-state index >= 15 is 0 Å². The summed E-state index contributed by atoms with van der Waals surface area (Å²) in [6, 6.07) is 8.30. The Labute approximate surface area is 145 Å². The van der Waals surface area contributed by atoms with Gasteiger partial charge in [0.05, 0.1) is 0 Å². The molecule has 1 fully saturated rings. The number of carbonyl (C=O) groups excluding carboxylic acids is 1. The first-order chi connectivity index (χ1) is 11.7. The molecule has 0 aliphatic heterocycles. The van der Waals surface area contributed by atoms with E-state index in [-0.39, 0.29) is 5.91 Å². The Hall–Kier alpha value is -2.04. The fraction of sp³-hybridized carbons (Fsp3) is 0.579. The smallest absolute Gasteiger partial charge is 0.220 e. The predicted octanol–water partition coefficient (Wildman–Crippen LogP) is 2.36. The molecule has 0 bridgehead atoms. The van der Waals surface area contributed by atoms with Crippen LogP contribution in [0, 0.1) is 12.8 Å². The molecule has 0 radical (unpaired) electrons. The van der Waals surface area contributed by atoms with Gasteiger partial charge in [-0.05, 0) is 36.8 Å². The number of hydrogen-bond donors (Lipinski definition) is 3. The first kappa shape index (κ1) is 18.3. The summed E-state index contributed by atoms with van der Waals surface area (Å²) in [5.74, 6) is 1.52. The third-order valence-corrected chi connectivity index (χ3v) is 4.62. The number of rotatable bonds is 7. The molecule has 0 atom stereocenters. The Morgan fingerprint density at radius 2 is 1.83 bits per heavy atom. The van der Waals surface area contributed by atoms with Crippen molar-refractivity contribution in [3.05, 3.63) is 35.4 Å². The van der Waals surface area contributed by atoms with Crippen molar-refractivity contribution in [2.45, 2.75) is 45.6 Å². The summed E-state index contributed by atoms with van der Waals surface area (Å²) in [5, 5.41) is 9.52. The Bertz CT molecular complexity index is 550. The highest BCUT2D eigenvalue weighted by atomic mass is 16.1. The molecular weight excluding hydrogens is 300 g/mol. The van der Waals surface area contributed by atoms with Gasteiger partial charge in [-0.25, -0.2) is 0 Å². The SMILES string of the molecule is CN=C(NCCNC(=O)CC1CCCC1)NCc1ccccc1C. The van der Waals surface area contributed by atoms with E-state index < -0.39 is 0 Å². The maximum atomic E-state index is 11.9. The molecular formula is C19H30N4O. The van der Waals surface area contributed by atoms with Gasteiger partial charge in [-0.2, -0.15) is 0 Å². The molecule has 1 saturated carbocycles. The van der Waals surface area contributed by atoms with E-state index in [2.05, 4.69) is 40.0 Å². The van der Waals surface area contributed by atoms with Gasteiger partial charge < -0.3 is 16.0 Å². The third-order valence-electron chi connectivity index (χ3n) is 4.62. The monoisotopic (exact) mass is 330 g/mol. The highest BCUT2D eigenvalue weighted by Gasteiger charge is 2.17. The molecule has 0 heterocycles. The minimum absolute atomic E-state index is 0.173. The molecule has 132 valence electrons. The lowest BCUT2D eigenvalue weighted by Crippen LogP contribution is -2.41. The lowest BCUT2D eigenvalue weighted by molar-refractivity contribution is -0.121. The van der Waals surface area contributed by atoms with Gasteiger partial charge in [0.15, 0.2) is 5.96 Å². The molecule has 1 aromatic rings. The Morgan fingerprint density at radius 1 is 1.12 bits per heavy atom. The molecule has 2 rings (SSSR count). The number of amides is 1. The molecule has 1 aliphatic carbocycles. The molecule has 1 aromatic carbocycles. The van der Waals surface area contributed by atoms with Gasteiger partial charge in [0.25, 0.3) is 0 Å². The Kier molecular flexibility index (Phi) is 7.59. The second-order valence-corrected chi connectivity index (χ2v) is 6.48. The molecule has 1 aliphatic rings. The van der Waals surface area contributed by atoms with Crippen molar-refractivity contribution in [1.82, 2.24) is 16.0 Å². The van der Waals surface area contributed by atoms with Crippen LogP contribution >= 0.6 is 0 Å². The summed E-state index contributed by atoms with van der Waals surface area (Å²) in [4.78, 5) is 16.1. The van der Waals surface area contributed by atoms with Crippen LogP contribution < -0.4 is 16.0 Å². The molecule has 1 amide bonds. The van der Waals surface area contributed by atoms with Crippen LogP contribution in [0.4, 0.5) is 0 Å². The van der Waals surface area contributed by atoms with Crippen molar-refractivity contribution in [1.29, 1.82) is 0 Å². The average molecular weight is 330 g/mol. The summed E-state index contributed by atoms with van der Waals surface area (Å²) in [6.07, 6.45) is 5.66. The van der Waals surface area contributed by atoms with E-state index in [1.165, 1.54) is 36.8 Å². The fourth-order valence-electron chi connectivity index (χ4n) is 3.14. The first-order valence-electron chi connectivity index (χ1n) is 8.94. The minimum atomic E-state index is 0.173. The van der Waals surface area contributed by atoms with Gasteiger partial charge in [-0.3, -0.25) is 9.79 Å². The van der Waals surface area contributed by atoms with Crippen LogP contribution in [0.2, 0.25) is 0 Å². The van der Waals surface area contributed by atoms with E-state index in [0.717, 1.165) is 12.5 Å². The predicted molar refractivity (Wildman–Crippen MR) is 99.0 cm³/mol. The molecule has 5 nitrogen and oxygen atoms in total. The van der Waals surface area contributed by atoms with Gasteiger partial charge in [-0.1, -0.05) is 37.1 Å². The van der Waals surface area contributed by atoms with E-state index in [1.807, 2.05) is 12.1 Å². The summed E-state index contributed by atoms with van der Waals surface area (Å²) >= 11 is 0. The summed E-state index contributed by atoms with van der Waals surface area (Å²) in [7, 11) is 1.76. The normalized spacial score (nSPS) is 15.3. The van der Waals surface area contributed by atoms with E-state index in [9.17, 15) is 4.79 Å². The van der Waals surface area contributed by atoms with Crippen molar-refractivity contribution in [3.8, 4) is 0 Å². The lowest BCUT2D eigenvalue weighted by Gasteiger charge is -2.14. The fourth-order valence-corrected chi connectivity index (χ4v) is 3.14. The van der Waals surface area contributed by atoms with Crippen LogP contribution in [0.5, 0.6) is 0 Å². The zero-order valence-corrected chi connectivity index (χ0v) is 14.9. The van der Waals surface area contributed by atoms with Crippen molar-refractivity contribution in [2.24, 2.45) is 10.9 Å². The van der Waals surface area contributed by atoms with Gasteiger partial charge >= 0.3 is 0 Å². The molecule has 0 spiro atoms. The third kappa shape index (κ3) is 6.22. The topological polar surface area (TPSA) is 65.5 Å². The number of carbonyl (C=O) groups is 1. The summed E-state index contributed by atoms with van der Waals surface area (Å²) in [6.45, 7) is 4.13. The quantitative estimate of drug-likeness (QED) is 0.408. The molecule has 3 N–H and O–H groups in total. The number of aryl methyl sites for hydroxylation is 1. The second kappa shape index (κ2) is 9.96. The maximum absolute atomic E-state index is 11.9. The van der Waals surface area contributed by atoms with Crippen LogP contribution in [0.15, 0.2) is 29.3 Å². The van der Waals surface area contributed by atoms with Crippen molar-refractivity contribution < 1.29 is 4.79 Å². The summed E-state index contributed by atoms with van der Waals surface area (Å²) < 4.78 is 0. The van der Waals surface area contributed by atoms with Crippen LogP contribution in [-0.2, 0) is 11.3 Å². The van der Waals surface area contributed by atoms with E-state index in [1.54, 1.807) is 7.05 Å². The standard InChI is InChI=1S/C19H30N4O/c1-15-7-3-6-10-17(15)14-23-19(20-2)22-12-11-21-18(24)13-16-8-4-5-9-16/h3,6-7,10,16H,4-5,8-9,11-14H2,1-2H3,(H,21,24)(H2,20,22,23). The van der Waals surface area contributed by atoms with Gasteiger partial charge in [0, 0.05) is 33.1 Å². The summed E-state index contributed by atoms with van der Waals surface area (Å²) in [5.41, 5.74) is 2.52. The number of benzene rings is 1. The first-order valence-corrected chi connectivity index (χ1v) is 8.94. The highest BCUT2D eigenvalue weighted by molar-refractivity contribution is 5.80. The zero-order chi connectivity index (χ0) is 17.2. The molecule has 5 heteroatoms. The second-order valence-electron chi connectivity index (χ2n) is 6.48. The number of hydrogen-bond acceptors (Lipinski definition) is 2. The Balaban J connectivity index is 1.61. The maximum Gasteiger partial charge on any atom is 0.220 e. The molecule has 24 heavy (non-hydrogen) atoms. The lowest BCUT2D eigenvalue weighted by atomic mass is 10.0. The van der Waals surface area contributed by atoms with E-state index in [0.29, 0.717) is 25.4 Å². The number of guanidine groups is 1. The molecule has 0 unspecified atom stereocenters. The van der Waals surface area contributed by atoms with Crippen LogP contribution in [-0.4, -0.2) is 32.0 Å². The highest BCUT2D eigenvalue weighted by Crippen LogP contribution is 2.27. The Morgan fingerprint density at radius 3 is 2.54 bits per heavy atom. The molecule has 0 saturated heterocycles. The number of nitrogens with zero attached hydrogens (tertiary/aromatic N) is 1. The van der Waals surface area contributed by atoms with Gasteiger partial charge in [0.1, 0.15) is 0 Å². The van der Waals surface area contributed by atoms with Crippen molar-refractivity contribution in [2.75, 3.05) is 20.1 Å². The number of nitrogens with one attached hydrogen (secondary N) is 3. The van der Waals surface area contributed by atoms with E-state index in [4.69, 9.17) is 0 Å². The van der Waals surface area contributed by atoms with Crippen molar-refractivity contribution >= 4 is 11.9 Å².